The van der Waals surface area contributed by atoms with Crippen molar-refractivity contribution in [1.82, 2.24) is 0 Å². The van der Waals surface area contributed by atoms with Crippen molar-refractivity contribution in [3.63, 3.8) is 0 Å². The summed E-state index contributed by atoms with van der Waals surface area (Å²) >= 11 is 6.36. The summed E-state index contributed by atoms with van der Waals surface area (Å²) in [6, 6.07) is 36.2. The fourth-order valence-electron chi connectivity index (χ4n) is 3.81. The molecule has 0 spiro atoms. The van der Waals surface area contributed by atoms with Crippen LogP contribution in [-0.2, 0) is 0 Å². The summed E-state index contributed by atoms with van der Waals surface area (Å²) in [5.74, 6) is 0. The fourth-order valence-corrected chi connectivity index (χ4v) is 3.98. The van der Waals surface area contributed by atoms with E-state index in [2.05, 4.69) is 91.0 Å². The number of hydrogen-bond donors (Lipinski definition) is 0. The lowest BCUT2D eigenvalue weighted by Gasteiger charge is -2.13. The number of hydrogen-bond acceptors (Lipinski definition) is 0. The zero-order chi connectivity index (χ0) is 18.2. The van der Waals surface area contributed by atoms with Gasteiger partial charge in [-0.15, -0.1) is 0 Å². The van der Waals surface area contributed by atoms with Gasteiger partial charge in [-0.3, -0.25) is 0 Å². The van der Waals surface area contributed by atoms with Crippen molar-refractivity contribution in [3.05, 3.63) is 108 Å². The van der Waals surface area contributed by atoms with E-state index < -0.39 is 0 Å². The Morgan fingerprint density at radius 1 is 0.444 bits per heavy atom. The Labute approximate surface area is 163 Å². The number of benzene rings is 5. The van der Waals surface area contributed by atoms with Crippen LogP contribution in [0.2, 0.25) is 5.02 Å². The molecule has 0 aliphatic carbocycles. The highest BCUT2D eigenvalue weighted by atomic mass is 35.5. The SMILES string of the molecule is Clc1ccc2c(c1)c(-c1cccc(-c3ccccc3)c1)cc1ccccc12. The lowest BCUT2D eigenvalue weighted by molar-refractivity contribution is 1.61. The van der Waals surface area contributed by atoms with Gasteiger partial charge in [-0.1, -0.05) is 90.5 Å². The summed E-state index contributed by atoms with van der Waals surface area (Å²) in [5.41, 5.74) is 4.86. The van der Waals surface area contributed by atoms with Crippen molar-refractivity contribution >= 4 is 33.1 Å². The van der Waals surface area contributed by atoms with Gasteiger partial charge in [0.1, 0.15) is 0 Å². The van der Waals surface area contributed by atoms with Gasteiger partial charge in [-0.05, 0) is 68.1 Å². The lowest BCUT2D eigenvalue weighted by atomic mass is 9.92. The molecule has 0 N–H and O–H groups in total. The summed E-state index contributed by atoms with van der Waals surface area (Å²) in [6.45, 7) is 0. The smallest absolute Gasteiger partial charge is 0.0412 e. The molecule has 0 nitrogen and oxygen atoms in total. The van der Waals surface area contributed by atoms with Gasteiger partial charge in [0, 0.05) is 5.02 Å². The molecule has 0 amide bonds. The quantitative estimate of drug-likeness (QED) is 0.278. The molecule has 128 valence electrons. The molecule has 0 fully saturated rings. The van der Waals surface area contributed by atoms with Crippen LogP contribution in [0, 0.1) is 0 Å². The van der Waals surface area contributed by atoms with E-state index in [9.17, 15) is 0 Å². The lowest BCUT2D eigenvalue weighted by Crippen LogP contribution is -1.86. The van der Waals surface area contributed by atoms with Gasteiger partial charge < -0.3 is 0 Å². The third kappa shape index (κ3) is 2.89. The summed E-state index contributed by atoms with van der Waals surface area (Å²) < 4.78 is 0. The van der Waals surface area contributed by atoms with Crippen LogP contribution in [0.5, 0.6) is 0 Å². The van der Waals surface area contributed by atoms with E-state index in [0.717, 1.165) is 5.02 Å². The Hall–Kier alpha value is -3.09. The molecule has 0 aliphatic heterocycles. The summed E-state index contributed by atoms with van der Waals surface area (Å²) in [5, 5.41) is 5.68. The minimum absolute atomic E-state index is 0.762. The van der Waals surface area contributed by atoms with Crippen LogP contribution in [0.15, 0.2) is 103 Å². The molecule has 0 saturated heterocycles. The maximum Gasteiger partial charge on any atom is 0.0412 e. The van der Waals surface area contributed by atoms with Crippen LogP contribution >= 0.6 is 11.6 Å². The predicted octanol–water partition coefficient (Wildman–Crippen LogP) is 7.98. The molecular weight excluding hydrogens is 348 g/mol. The predicted molar refractivity (Wildman–Crippen MR) is 117 cm³/mol. The molecule has 0 atom stereocenters. The second-order valence-electron chi connectivity index (χ2n) is 6.78. The zero-order valence-corrected chi connectivity index (χ0v) is 15.4. The Morgan fingerprint density at radius 3 is 2.07 bits per heavy atom. The monoisotopic (exact) mass is 364 g/mol. The first-order valence-corrected chi connectivity index (χ1v) is 9.44. The van der Waals surface area contributed by atoms with E-state index in [1.54, 1.807) is 0 Å². The van der Waals surface area contributed by atoms with Crippen molar-refractivity contribution in [2.24, 2.45) is 0 Å². The molecule has 0 unspecified atom stereocenters. The zero-order valence-electron chi connectivity index (χ0n) is 14.7. The summed E-state index contributed by atoms with van der Waals surface area (Å²) in [6.07, 6.45) is 0. The van der Waals surface area contributed by atoms with Crippen LogP contribution < -0.4 is 0 Å². The van der Waals surface area contributed by atoms with Crippen molar-refractivity contribution in [2.45, 2.75) is 0 Å². The van der Waals surface area contributed by atoms with Gasteiger partial charge in [0.05, 0.1) is 0 Å². The average molecular weight is 365 g/mol. The second-order valence-corrected chi connectivity index (χ2v) is 7.22. The van der Waals surface area contributed by atoms with Gasteiger partial charge >= 0.3 is 0 Å². The molecule has 0 radical (unpaired) electrons. The van der Waals surface area contributed by atoms with Crippen molar-refractivity contribution in [2.75, 3.05) is 0 Å². The number of halogens is 1. The van der Waals surface area contributed by atoms with Crippen molar-refractivity contribution < 1.29 is 0 Å². The van der Waals surface area contributed by atoms with E-state index in [4.69, 9.17) is 11.6 Å². The highest BCUT2D eigenvalue weighted by molar-refractivity contribution is 6.32. The van der Waals surface area contributed by atoms with Gasteiger partial charge in [-0.25, -0.2) is 0 Å². The van der Waals surface area contributed by atoms with Crippen LogP contribution in [0.1, 0.15) is 0 Å². The second kappa shape index (κ2) is 6.57. The topological polar surface area (TPSA) is 0 Å². The molecule has 5 rings (SSSR count). The van der Waals surface area contributed by atoms with Gasteiger partial charge in [-0.2, -0.15) is 0 Å². The van der Waals surface area contributed by atoms with Gasteiger partial charge in [0.15, 0.2) is 0 Å². The largest absolute Gasteiger partial charge is 0.0843 e. The van der Waals surface area contributed by atoms with Crippen LogP contribution in [0.25, 0.3) is 43.8 Å². The highest BCUT2D eigenvalue weighted by Gasteiger charge is 2.10. The average Bonchev–Trinajstić information content (AvgIpc) is 2.74. The molecule has 0 bridgehead atoms. The maximum atomic E-state index is 6.36. The molecule has 5 aromatic rings. The highest BCUT2D eigenvalue weighted by Crippen LogP contribution is 2.37. The Balaban J connectivity index is 1.81. The van der Waals surface area contributed by atoms with Crippen LogP contribution in [-0.4, -0.2) is 0 Å². The van der Waals surface area contributed by atoms with E-state index in [0.29, 0.717) is 0 Å². The molecule has 1 heteroatoms. The van der Waals surface area contributed by atoms with E-state index in [-0.39, 0.29) is 0 Å². The Bertz CT molecular complexity index is 1270. The Kier molecular flexibility index (Phi) is 3.92. The standard InChI is InChI=1S/C26H17Cl/c27-22-13-14-24-23-12-5-4-9-21(23)16-25(26(24)17-22)20-11-6-10-19(15-20)18-7-2-1-3-8-18/h1-17H. The molecular formula is C26H17Cl. The first-order chi connectivity index (χ1) is 13.3. The minimum atomic E-state index is 0.762. The Morgan fingerprint density at radius 2 is 1.19 bits per heavy atom. The normalized spacial score (nSPS) is 11.1. The summed E-state index contributed by atoms with van der Waals surface area (Å²) in [4.78, 5) is 0. The molecule has 5 aromatic carbocycles. The third-order valence-corrected chi connectivity index (χ3v) is 5.34. The first-order valence-electron chi connectivity index (χ1n) is 9.06. The molecule has 0 saturated carbocycles. The van der Waals surface area contributed by atoms with Crippen LogP contribution in [0.3, 0.4) is 0 Å². The van der Waals surface area contributed by atoms with E-state index >= 15 is 0 Å². The van der Waals surface area contributed by atoms with Gasteiger partial charge in [0.2, 0.25) is 0 Å². The number of fused-ring (bicyclic) bond motifs is 3. The van der Waals surface area contributed by atoms with Crippen molar-refractivity contribution in [1.29, 1.82) is 0 Å². The number of rotatable bonds is 2. The van der Waals surface area contributed by atoms with Crippen molar-refractivity contribution in [3.8, 4) is 22.3 Å². The molecule has 0 aromatic heterocycles. The van der Waals surface area contributed by atoms with Gasteiger partial charge in [0.25, 0.3) is 0 Å². The molecule has 27 heavy (non-hydrogen) atoms. The molecule has 0 aliphatic rings. The van der Waals surface area contributed by atoms with E-state index in [1.165, 1.54) is 43.8 Å². The minimum Gasteiger partial charge on any atom is -0.0843 e. The molecule has 0 heterocycles. The van der Waals surface area contributed by atoms with Crippen LogP contribution in [0.4, 0.5) is 0 Å². The third-order valence-electron chi connectivity index (χ3n) is 5.10. The fraction of sp³-hybridized carbons (Fsp3) is 0. The summed E-state index contributed by atoms with van der Waals surface area (Å²) in [7, 11) is 0. The van der Waals surface area contributed by atoms with E-state index in [1.807, 2.05) is 12.1 Å². The first kappa shape index (κ1) is 16.1. The maximum absolute atomic E-state index is 6.36.